The molecule has 1 aromatic heterocycles. The summed E-state index contributed by atoms with van der Waals surface area (Å²) in [4.78, 5) is 29.7. The van der Waals surface area contributed by atoms with E-state index in [-0.39, 0.29) is 17.9 Å². The van der Waals surface area contributed by atoms with Crippen LogP contribution in [0.15, 0.2) is 12.1 Å². The van der Waals surface area contributed by atoms with Crippen LogP contribution in [0, 0.1) is 20.8 Å². The Hall–Kier alpha value is -2.34. The zero-order valence-corrected chi connectivity index (χ0v) is 15.2. The van der Waals surface area contributed by atoms with Gasteiger partial charge in [0.2, 0.25) is 5.91 Å². The number of hydrogen-bond acceptors (Lipinski definition) is 3. The number of aryl methyl sites for hydroxylation is 3. The first kappa shape index (κ1) is 17.5. The summed E-state index contributed by atoms with van der Waals surface area (Å²) in [5.41, 5.74) is 4.82. The Morgan fingerprint density at radius 1 is 1.36 bits per heavy atom. The van der Waals surface area contributed by atoms with E-state index in [2.05, 4.69) is 29.4 Å². The maximum atomic E-state index is 12.7. The molecule has 2 amide bonds. The van der Waals surface area contributed by atoms with Crippen molar-refractivity contribution in [3.63, 3.8) is 0 Å². The van der Waals surface area contributed by atoms with Crippen molar-refractivity contribution in [1.82, 2.24) is 15.2 Å². The molecule has 1 atom stereocenters. The van der Waals surface area contributed by atoms with Crippen LogP contribution in [-0.2, 0) is 9.53 Å². The van der Waals surface area contributed by atoms with E-state index in [1.165, 1.54) is 5.56 Å². The van der Waals surface area contributed by atoms with Crippen molar-refractivity contribution in [2.75, 3.05) is 26.8 Å². The summed E-state index contributed by atoms with van der Waals surface area (Å²) in [5, 5.41) is 4.07. The number of H-pyrrole nitrogens is 1. The summed E-state index contributed by atoms with van der Waals surface area (Å²) in [6.07, 6.45) is 0.340. The molecule has 0 unspecified atom stereocenters. The zero-order valence-electron chi connectivity index (χ0n) is 15.2. The second kappa shape index (κ2) is 6.88. The molecule has 1 aromatic carbocycles. The van der Waals surface area contributed by atoms with Crippen molar-refractivity contribution in [3.05, 3.63) is 34.5 Å². The number of amides is 2. The molecule has 1 fully saturated rings. The minimum atomic E-state index is -0.162. The van der Waals surface area contributed by atoms with Crippen LogP contribution in [0.4, 0.5) is 0 Å². The van der Waals surface area contributed by atoms with E-state index in [4.69, 9.17) is 4.74 Å². The number of likely N-dealkylation sites (tertiary alicyclic amines) is 1. The smallest absolute Gasteiger partial charge is 0.268 e. The third-order valence-corrected chi connectivity index (χ3v) is 4.85. The number of carbonyl (C=O) groups excluding carboxylic acids is 2. The molecule has 1 aliphatic rings. The molecular formula is C19H25N3O3. The van der Waals surface area contributed by atoms with E-state index in [1.807, 2.05) is 13.8 Å². The lowest BCUT2D eigenvalue weighted by Gasteiger charge is -2.16. The van der Waals surface area contributed by atoms with Crippen molar-refractivity contribution in [2.24, 2.45) is 0 Å². The number of fused-ring (bicyclic) bond motifs is 1. The van der Waals surface area contributed by atoms with E-state index in [0.29, 0.717) is 31.8 Å². The Morgan fingerprint density at radius 2 is 2.12 bits per heavy atom. The average Bonchev–Trinajstić information content (AvgIpc) is 3.06. The molecule has 3 rings (SSSR count). The average molecular weight is 343 g/mol. The van der Waals surface area contributed by atoms with Crippen molar-refractivity contribution >= 4 is 22.7 Å². The Bertz CT molecular complexity index is 825. The molecule has 6 nitrogen and oxygen atoms in total. The molecule has 134 valence electrons. The quantitative estimate of drug-likeness (QED) is 0.873. The van der Waals surface area contributed by atoms with Gasteiger partial charge >= 0.3 is 0 Å². The van der Waals surface area contributed by atoms with Gasteiger partial charge in [-0.05, 0) is 38.0 Å². The third kappa shape index (κ3) is 3.39. The molecule has 0 bridgehead atoms. The largest absolute Gasteiger partial charge is 0.383 e. The number of carbonyl (C=O) groups is 2. The highest BCUT2D eigenvalue weighted by molar-refractivity contribution is 6.02. The SMILES string of the molecule is COCCN1C[C@H](NC(=O)c2[nH]c3c(C)cc(C)cc3c2C)CC1=O. The van der Waals surface area contributed by atoms with Gasteiger partial charge < -0.3 is 19.9 Å². The van der Waals surface area contributed by atoms with Crippen LogP contribution in [0.1, 0.15) is 33.6 Å². The second-order valence-electron chi connectivity index (χ2n) is 6.84. The number of rotatable bonds is 5. The molecular weight excluding hydrogens is 318 g/mol. The van der Waals surface area contributed by atoms with Crippen molar-refractivity contribution < 1.29 is 14.3 Å². The summed E-state index contributed by atoms with van der Waals surface area (Å²) in [5.74, 6) is -0.0978. The molecule has 2 N–H and O–H groups in total. The topological polar surface area (TPSA) is 74.4 Å². The predicted octanol–water partition coefficient (Wildman–Crippen LogP) is 2.07. The van der Waals surface area contributed by atoms with Crippen LogP contribution < -0.4 is 5.32 Å². The minimum absolute atomic E-state index is 0.0576. The van der Waals surface area contributed by atoms with Crippen molar-refractivity contribution in [3.8, 4) is 0 Å². The Labute approximate surface area is 147 Å². The van der Waals surface area contributed by atoms with E-state index < -0.39 is 0 Å². The Kier molecular flexibility index (Phi) is 4.81. The first-order chi connectivity index (χ1) is 11.9. The summed E-state index contributed by atoms with van der Waals surface area (Å²) in [7, 11) is 1.61. The van der Waals surface area contributed by atoms with Crippen LogP contribution >= 0.6 is 0 Å². The summed E-state index contributed by atoms with van der Waals surface area (Å²) in [6.45, 7) is 7.65. The molecule has 1 saturated heterocycles. The molecule has 25 heavy (non-hydrogen) atoms. The fourth-order valence-corrected chi connectivity index (χ4v) is 3.55. The lowest BCUT2D eigenvalue weighted by atomic mass is 10.1. The lowest BCUT2D eigenvalue weighted by molar-refractivity contribution is -0.128. The first-order valence-electron chi connectivity index (χ1n) is 8.57. The third-order valence-electron chi connectivity index (χ3n) is 4.85. The number of aromatic amines is 1. The number of methoxy groups -OCH3 is 1. The van der Waals surface area contributed by atoms with Gasteiger partial charge in [0.05, 0.1) is 12.6 Å². The monoisotopic (exact) mass is 343 g/mol. The molecule has 0 radical (unpaired) electrons. The molecule has 2 heterocycles. The van der Waals surface area contributed by atoms with Gasteiger partial charge in [-0.25, -0.2) is 0 Å². The molecule has 0 spiro atoms. The summed E-state index contributed by atoms with van der Waals surface area (Å²) >= 11 is 0. The van der Waals surface area contributed by atoms with Crippen LogP contribution in [-0.4, -0.2) is 54.5 Å². The molecule has 0 saturated carbocycles. The summed E-state index contributed by atoms with van der Waals surface area (Å²) in [6, 6.07) is 4.03. The second-order valence-corrected chi connectivity index (χ2v) is 6.84. The van der Waals surface area contributed by atoms with Crippen LogP contribution in [0.5, 0.6) is 0 Å². The van der Waals surface area contributed by atoms with Crippen LogP contribution in [0.3, 0.4) is 0 Å². The Morgan fingerprint density at radius 3 is 2.84 bits per heavy atom. The molecule has 6 heteroatoms. The fraction of sp³-hybridized carbons (Fsp3) is 0.474. The maximum absolute atomic E-state index is 12.7. The maximum Gasteiger partial charge on any atom is 0.268 e. The predicted molar refractivity (Wildman–Crippen MR) is 96.8 cm³/mol. The lowest BCUT2D eigenvalue weighted by Crippen LogP contribution is -2.38. The van der Waals surface area contributed by atoms with Gasteiger partial charge in [-0.2, -0.15) is 0 Å². The zero-order chi connectivity index (χ0) is 18.1. The van der Waals surface area contributed by atoms with Gasteiger partial charge in [0.15, 0.2) is 0 Å². The fourth-order valence-electron chi connectivity index (χ4n) is 3.55. The number of hydrogen-bond donors (Lipinski definition) is 2. The van der Waals surface area contributed by atoms with E-state index in [1.54, 1.807) is 12.0 Å². The van der Waals surface area contributed by atoms with Crippen LogP contribution in [0.2, 0.25) is 0 Å². The van der Waals surface area contributed by atoms with Crippen molar-refractivity contribution in [2.45, 2.75) is 33.2 Å². The number of benzene rings is 1. The van der Waals surface area contributed by atoms with Gasteiger partial charge in [-0.15, -0.1) is 0 Å². The first-order valence-corrected chi connectivity index (χ1v) is 8.57. The number of nitrogens with one attached hydrogen (secondary N) is 2. The molecule has 2 aromatic rings. The van der Waals surface area contributed by atoms with Gasteiger partial charge in [-0.3, -0.25) is 9.59 Å². The normalized spacial score (nSPS) is 17.5. The number of aromatic nitrogens is 1. The molecule has 1 aliphatic heterocycles. The minimum Gasteiger partial charge on any atom is -0.383 e. The highest BCUT2D eigenvalue weighted by atomic mass is 16.5. The van der Waals surface area contributed by atoms with Gasteiger partial charge in [0, 0.05) is 37.5 Å². The van der Waals surface area contributed by atoms with Crippen LogP contribution in [0.25, 0.3) is 10.9 Å². The van der Waals surface area contributed by atoms with Gasteiger partial charge in [-0.1, -0.05) is 11.6 Å². The van der Waals surface area contributed by atoms with Crippen molar-refractivity contribution in [1.29, 1.82) is 0 Å². The van der Waals surface area contributed by atoms with E-state index >= 15 is 0 Å². The van der Waals surface area contributed by atoms with Gasteiger partial charge in [0.25, 0.3) is 5.91 Å². The summed E-state index contributed by atoms with van der Waals surface area (Å²) < 4.78 is 5.02. The van der Waals surface area contributed by atoms with E-state index in [9.17, 15) is 9.59 Å². The standard InChI is InChI=1S/C19H25N3O3/c1-11-7-12(2)17-15(8-11)13(3)18(21-17)19(24)20-14-9-16(23)22(10-14)5-6-25-4/h7-8,14,21H,5-6,9-10H2,1-4H3,(H,20,24)/t14-/m1/s1. The number of ether oxygens (including phenoxy) is 1. The van der Waals surface area contributed by atoms with E-state index in [0.717, 1.165) is 22.0 Å². The number of nitrogens with zero attached hydrogens (tertiary/aromatic N) is 1. The van der Waals surface area contributed by atoms with Gasteiger partial charge in [0.1, 0.15) is 5.69 Å². The Balaban J connectivity index is 1.76. The highest BCUT2D eigenvalue weighted by Crippen LogP contribution is 2.26. The highest BCUT2D eigenvalue weighted by Gasteiger charge is 2.31. The molecule has 0 aliphatic carbocycles.